The third-order valence-corrected chi connectivity index (χ3v) is 7.38. The van der Waals surface area contributed by atoms with E-state index in [-0.39, 0.29) is 22.9 Å². The van der Waals surface area contributed by atoms with E-state index < -0.39 is 11.9 Å². The summed E-state index contributed by atoms with van der Waals surface area (Å²) in [6.45, 7) is 5.81. The van der Waals surface area contributed by atoms with Crippen molar-refractivity contribution < 1.29 is 19.1 Å². The van der Waals surface area contributed by atoms with Gasteiger partial charge < -0.3 is 19.8 Å². The summed E-state index contributed by atoms with van der Waals surface area (Å²) < 4.78 is 12.4. The molecule has 0 spiro atoms. The highest BCUT2D eigenvalue weighted by atomic mass is 16.6. The van der Waals surface area contributed by atoms with Gasteiger partial charge in [0.05, 0.1) is 24.4 Å². The van der Waals surface area contributed by atoms with Crippen LogP contribution >= 0.6 is 0 Å². The van der Waals surface area contributed by atoms with Gasteiger partial charge >= 0.3 is 11.9 Å². The zero-order valence-corrected chi connectivity index (χ0v) is 18.8. The molecule has 1 fully saturated rings. The van der Waals surface area contributed by atoms with Crippen LogP contribution in [0.3, 0.4) is 0 Å². The Morgan fingerprint density at radius 2 is 2.03 bits per heavy atom. The largest absolute Gasteiger partial charge is 0.463 e. The second kappa shape index (κ2) is 7.52. The molecule has 1 saturated heterocycles. The quantitative estimate of drug-likeness (QED) is 0.449. The van der Waals surface area contributed by atoms with Crippen molar-refractivity contribution in [1.29, 1.82) is 0 Å². The Morgan fingerprint density at radius 3 is 2.75 bits per heavy atom. The maximum atomic E-state index is 13.6. The van der Waals surface area contributed by atoms with Gasteiger partial charge in [-0.05, 0) is 56.9 Å². The summed E-state index contributed by atoms with van der Waals surface area (Å²) in [6.07, 6.45) is 6.08. The van der Waals surface area contributed by atoms with E-state index >= 15 is 0 Å². The molecule has 2 atom stereocenters. The number of carbonyl (C=O) groups is 2. The number of nitrogens with two attached hydrogens (primary N) is 1. The molecule has 3 aliphatic heterocycles. The molecule has 7 nitrogen and oxygen atoms in total. The number of para-hydroxylation sites is 1. The zero-order valence-electron chi connectivity index (χ0n) is 18.8. The topological polar surface area (TPSA) is 86.8 Å². The van der Waals surface area contributed by atoms with Crippen LogP contribution in [-0.2, 0) is 25.5 Å². The Morgan fingerprint density at radius 1 is 1.25 bits per heavy atom. The number of carbonyl (C=O) groups excluding carboxylic acids is 2. The van der Waals surface area contributed by atoms with Gasteiger partial charge in [-0.2, -0.15) is 0 Å². The first-order valence-corrected chi connectivity index (χ1v) is 11.3. The fourth-order valence-electron chi connectivity index (χ4n) is 5.95. The number of methoxy groups -OCH3 is 1. The van der Waals surface area contributed by atoms with Gasteiger partial charge in [0.1, 0.15) is 5.70 Å². The Balaban J connectivity index is 1.72. The van der Waals surface area contributed by atoms with Crippen molar-refractivity contribution in [2.24, 2.45) is 11.1 Å². The molecule has 168 valence electrons. The number of aromatic nitrogens is 1. The van der Waals surface area contributed by atoms with E-state index in [9.17, 15) is 9.59 Å². The summed E-state index contributed by atoms with van der Waals surface area (Å²) in [5, 5.41) is 1.18. The monoisotopic (exact) mass is 435 g/mol. The standard InChI is InChI=1S/C25H29N3O4/c1-4-25-11-7-12-27-13-10-17-16-8-5-6-9-18(16)28(20(17)22(25)27)19(14-25)23(29)32-21(15(2)26)24(30)31-3/h5-6,8-9,14,22H,4,7,10-13,26H2,1-3H3/b21-15+/t22-,25+/m1/s1. The lowest BCUT2D eigenvalue weighted by Gasteiger charge is -2.53. The lowest BCUT2D eigenvalue weighted by Crippen LogP contribution is -2.51. The first-order chi connectivity index (χ1) is 15.4. The first-order valence-electron chi connectivity index (χ1n) is 11.3. The minimum absolute atomic E-state index is 0.105. The molecule has 2 aromatic rings. The molecule has 2 N–H and O–H groups in total. The molecule has 0 bridgehead atoms. The Hall–Kier alpha value is -3.06. The van der Waals surface area contributed by atoms with Gasteiger partial charge in [0.15, 0.2) is 0 Å². The number of hydrogen-bond acceptors (Lipinski definition) is 6. The molecule has 0 amide bonds. The van der Waals surface area contributed by atoms with E-state index in [1.807, 2.05) is 18.2 Å². The van der Waals surface area contributed by atoms with Crippen molar-refractivity contribution in [3.8, 4) is 0 Å². The van der Waals surface area contributed by atoms with Crippen LogP contribution in [0.2, 0.25) is 0 Å². The van der Waals surface area contributed by atoms with E-state index in [0.29, 0.717) is 5.70 Å². The van der Waals surface area contributed by atoms with Crippen molar-refractivity contribution in [2.45, 2.75) is 45.6 Å². The number of piperidine rings is 1. The summed E-state index contributed by atoms with van der Waals surface area (Å²) in [6, 6.07) is 8.45. The van der Waals surface area contributed by atoms with Gasteiger partial charge in [0.25, 0.3) is 0 Å². The highest BCUT2D eigenvalue weighted by Crippen LogP contribution is 2.57. The van der Waals surface area contributed by atoms with Gasteiger partial charge in [-0.3, -0.25) is 4.90 Å². The van der Waals surface area contributed by atoms with Gasteiger partial charge in [-0.25, -0.2) is 9.59 Å². The highest BCUT2D eigenvalue weighted by Gasteiger charge is 2.51. The smallest absolute Gasteiger partial charge is 0.375 e. The summed E-state index contributed by atoms with van der Waals surface area (Å²) in [4.78, 5) is 28.3. The number of ether oxygens (including phenoxy) is 2. The molecular weight excluding hydrogens is 406 g/mol. The molecule has 7 heteroatoms. The van der Waals surface area contributed by atoms with Crippen LogP contribution in [0.25, 0.3) is 16.6 Å². The van der Waals surface area contributed by atoms with Crippen molar-refractivity contribution in [3.63, 3.8) is 0 Å². The molecule has 0 saturated carbocycles. The maximum absolute atomic E-state index is 13.6. The number of benzene rings is 1. The number of hydrogen-bond donors (Lipinski definition) is 1. The van der Waals surface area contributed by atoms with Crippen LogP contribution in [0.15, 0.2) is 41.8 Å². The average molecular weight is 436 g/mol. The Bertz CT molecular complexity index is 1190. The molecule has 5 rings (SSSR count). The van der Waals surface area contributed by atoms with E-state index in [4.69, 9.17) is 15.2 Å². The summed E-state index contributed by atoms with van der Waals surface area (Å²) in [5.74, 6) is -1.62. The summed E-state index contributed by atoms with van der Waals surface area (Å²) >= 11 is 0. The highest BCUT2D eigenvalue weighted by molar-refractivity contribution is 6.14. The predicted molar refractivity (Wildman–Crippen MR) is 121 cm³/mol. The second-order valence-corrected chi connectivity index (χ2v) is 9.02. The average Bonchev–Trinajstić information content (AvgIpc) is 3.15. The van der Waals surface area contributed by atoms with Gasteiger partial charge in [0, 0.05) is 23.0 Å². The van der Waals surface area contributed by atoms with Crippen LogP contribution in [0.1, 0.15) is 50.4 Å². The molecule has 0 radical (unpaired) electrons. The van der Waals surface area contributed by atoms with Crippen molar-refractivity contribution in [1.82, 2.24) is 9.47 Å². The van der Waals surface area contributed by atoms with Crippen LogP contribution in [-0.4, -0.2) is 41.6 Å². The number of fused-ring (bicyclic) bond motifs is 3. The molecule has 1 aromatic heterocycles. The van der Waals surface area contributed by atoms with Crippen molar-refractivity contribution in [2.75, 3.05) is 20.2 Å². The van der Waals surface area contributed by atoms with Crippen LogP contribution in [0, 0.1) is 5.41 Å². The molecule has 4 heterocycles. The molecule has 1 aromatic carbocycles. The minimum Gasteiger partial charge on any atom is -0.463 e. The third kappa shape index (κ3) is 2.84. The summed E-state index contributed by atoms with van der Waals surface area (Å²) in [5.41, 5.74) is 9.74. The SMILES string of the molecule is CC[C@@]12C=C(C(=O)O/C(C(=O)OC)=C(\C)N)n3c4c(c5ccccc53)CCN(CCC1)[C@H]42. The van der Waals surface area contributed by atoms with Crippen molar-refractivity contribution in [3.05, 3.63) is 53.1 Å². The second-order valence-electron chi connectivity index (χ2n) is 9.02. The number of allylic oxidation sites excluding steroid dienone is 1. The van der Waals surface area contributed by atoms with E-state index in [1.54, 1.807) is 0 Å². The van der Waals surface area contributed by atoms with Gasteiger partial charge in [-0.1, -0.05) is 25.1 Å². The number of rotatable bonds is 4. The third-order valence-electron chi connectivity index (χ3n) is 7.38. The molecule has 32 heavy (non-hydrogen) atoms. The van der Waals surface area contributed by atoms with E-state index in [0.717, 1.165) is 44.3 Å². The first kappa shape index (κ1) is 20.8. The van der Waals surface area contributed by atoms with E-state index in [2.05, 4.69) is 28.5 Å². The lowest BCUT2D eigenvalue weighted by atomic mass is 9.66. The summed E-state index contributed by atoms with van der Waals surface area (Å²) in [7, 11) is 1.24. The van der Waals surface area contributed by atoms with Gasteiger partial charge in [0.2, 0.25) is 5.76 Å². The fourth-order valence-corrected chi connectivity index (χ4v) is 5.95. The Labute approximate surface area is 187 Å². The van der Waals surface area contributed by atoms with Crippen LogP contribution < -0.4 is 5.73 Å². The van der Waals surface area contributed by atoms with Crippen molar-refractivity contribution >= 4 is 28.5 Å². The molecular formula is C25H29N3O4. The van der Waals surface area contributed by atoms with Crippen LogP contribution in [0.5, 0.6) is 0 Å². The molecule has 0 unspecified atom stereocenters. The molecule has 0 aliphatic carbocycles. The van der Waals surface area contributed by atoms with E-state index in [1.165, 1.54) is 30.7 Å². The maximum Gasteiger partial charge on any atom is 0.375 e. The normalized spacial score (nSPS) is 25.0. The lowest BCUT2D eigenvalue weighted by molar-refractivity contribution is -0.147. The molecule has 3 aliphatic rings. The zero-order chi connectivity index (χ0) is 22.6. The van der Waals surface area contributed by atoms with Gasteiger partial charge in [-0.15, -0.1) is 0 Å². The van der Waals surface area contributed by atoms with Crippen LogP contribution in [0.4, 0.5) is 0 Å². The predicted octanol–water partition coefficient (Wildman–Crippen LogP) is 3.49. The Kier molecular flexibility index (Phi) is 4.89. The minimum atomic E-state index is -0.763. The number of esters is 2. The number of nitrogens with zero attached hydrogens (tertiary/aromatic N) is 2. The fraction of sp³-hybridized carbons (Fsp3) is 0.440.